The number of hydrogen-bond acceptors (Lipinski definition) is 4. The lowest BCUT2D eigenvalue weighted by atomic mass is 10.7. The van der Waals surface area contributed by atoms with Crippen molar-refractivity contribution in [1.82, 2.24) is 0 Å². The topological polar surface area (TPSA) is 36.9 Å². The van der Waals surface area contributed by atoms with E-state index in [1.165, 1.54) is 25.0 Å². The third-order valence-corrected chi connectivity index (χ3v) is 1.12. The van der Waals surface area contributed by atoms with E-state index < -0.39 is 0 Å². The van der Waals surface area contributed by atoms with Crippen molar-refractivity contribution >= 4 is 0 Å². The highest BCUT2D eigenvalue weighted by atomic mass is 16.5. The van der Waals surface area contributed by atoms with Crippen molar-refractivity contribution in [2.24, 2.45) is 0 Å². The van der Waals surface area contributed by atoms with Crippen LogP contribution in [0.15, 0.2) is 51.4 Å². The zero-order valence-electron chi connectivity index (χ0n) is 9.60. The van der Waals surface area contributed by atoms with Gasteiger partial charge in [0.15, 0.2) is 0 Å². The van der Waals surface area contributed by atoms with Crippen molar-refractivity contribution in [3.63, 3.8) is 0 Å². The summed E-state index contributed by atoms with van der Waals surface area (Å²) in [5.41, 5.74) is 0. The Labute approximate surface area is 97.5 Å². The molecule has 0 spiro atoms. The molecule has 0 aliphatic carbocycles. The molecule has 4 heteroatoms. The van der Waals surface area contributed by atoms with Gasteiger partial charge < -0.3 is 18.9 Å². The number of hydrogen-bond donors (Lipinski definition) is 0. The molecule has 0 saturated carbocycles. The predicted molar refractivity (Wildman–Crippen MR) is 64.6 cm³/mol. The SMILES string of the molecule is C=COC=C.C=COCCOCCOC=C. The fourth-order valence-corrected chi connectivity index (χ4v) is 0.551. The molecule has 0 unspecified atom stereocenters. The van der Waals surface area contributed by atoms with Crippen LogP contribution in [0.5, 0.6) is 0 Å². The second-order valence-electron chi connectivity index (χ2n) is 2.16. The van der Waals surface area contributed by atoms with Gasteiger partial charge in [-0.25, -0.2) is 0 Å². The molecule has 0 fully saturated rings. The smallest absolute Gasteiger partial charge is 0.111 e. The van der Waals surface area contributed by atoms with Crippen LogP contribution in [0.2, 0.25) is 0 Å². The van der Waals surface area contributed by atoms with Crippen LogP contribution in [0.1, 0.15) is 0 Å². The zero-order valence-corrected chi connectivity index (χ0v) is 9.60. The first-order chi connectivity index (χ1) is 7.83. The normalized spacial score (nSPS) is 7.75. The van der Waals surface area contributed by atoms with Gasteiger partial charge in [0.25, 0.3) is 0 Å². The van der Waals surface area contributed by atoms with Crippen molar-refractivity contribution in [1.29, 1.82) is 0 Å². The van der Waals surface area contributed by atoms with Gasteiger partial charge in [-0.2, -0.15) is 0 Å². The molecule has 0 rings (SSSR count). The maximum absolute atomic E-state index is 5.09. The molecule has 0 aromatic carbocycles. The molecule has 0 N–H and O–H groups in total. The summed E-state index contributed by atoms with van der Waals surface area (Å²) in [6.45, 7) is 15.5. The maximum Gasteiger partial charge on any atom is 0.111 e. The maximum atomic E-state index is 5.09. The molecule has 0 saturated heterocycles. The Morgan fingerprint density at radius 3 is 1.31 bits per heavy atom. The van der Waals surface area contributed by atoms with Crippen LogP contribution in [0.4, 0.5) is 0 Å². The van der Waals surface area contributed by atoms with Crippen LogP contribution in [0.25, 0.3) is 0 Å². The fraction of sp³-hybridized carbons (Fsp3) is 0.333. The predicted octanol–water partition coefficient (Wildman–Crippen LogP) is 2.61. The van der Waals surface area contributed by atoms with Crippen LogP contribution in [0.3, 0.4) is 0 Å². The summed E-state index contributed by atoms with van der Waals surface area (Å²) in [6.07, 6.45) is 5.41. The minimum Gasteiger partial charge on any atom is -0.499 e. The molecule has 0 heterocycles. The first-order valence-corrected chi connectivity index (χ1v) is 4.73. The minimum atomic E-state index is 0.539. The summed E-state index contributed by atoms with van der Waals surface area (Å²) >= 11 is 0. The highest BCUT2D eigenvalue weighted by molar-refractivity contribution is 4.57. The summed E-state index contributed by atoms with van der Waals surface area (Å²) in [5, 5.41) is 0. The third kappa shape index (κ3) is 22.8. The van der Waals surface area contributed by atoms with Crippen molar-refractivity contribution in [2.45, 2.75) is 0 Å². The summed E-state index contributed by atoms with van der Waals surface area (Å²) in [4.78, 5) is 0. The van der Waals surface area contributed by atoms with Crippen molar-refractivity contribution in [2.75, 3.05) is 26.4 Å². The van der Waals surface area contributed by atoms with E-state index in [1.807, 2.05) is 0 Å². The summed E-state index contributed by atoms with van der Waals surface area (Å²) < 4.78 is 19.1. The van der Waals surface area contributed by atoms with Gasteiger partial charge in [-0.1, -0.05) is 26.3 Å². The lowest BCUT2D eigenvalue weighted by molar-refractivity contribution is 0.0560. The van der Waals surface area contributed by atoms with Crippen LogP contribution in [0, 0.1) is 0 Å². The second-order valence-corrected chi connectivity index (χ2v) is 2.16. The van der Waals surface area contributed by atoms with Crippen molar-refractivity contribution < 1.29 is 18.9 Å². The fourth-order valence-electron chi connectivity index (χ4n) is 0.551. The van der Waals surface area contributed by atoms with Gasteiger partial charge in [-0.3, -0.25) is 0 Å². The first kappa shape index (κ1) is 16.7. The van der Waals surface area contributed by atoms with E-state index >= 15 is 0 Å². The molecule has 0 aromatic rings. The lowest BCUT2D eigenvalue weighted by Gasteiger charge is -2.02. The van der Waals surface area contributed by atoms with E-state index in [0.29, 0.717) is 26.4 Å². The number of rotatable bonds is 10. The second kappa shape index (κ2) is 19.0. The molecule has 16 heavy (non-hydrogen) atoms. The summed E-state index contributed by atoms with van der Waals surface area (Å²) in [7, 11) is 0. The highest BCUT2D eigenvalue weighted by Gasteiger charge is 1.86. The molecule has 0 radical (unpaired) electrons. The Balaban J connectivity index is 0. The Morgan fingerprint density at radius 1 is 0.625 bits per heavy atom. The Hall–Kier alpha value is -1.68. The lowest BCUT2D eigenvalue weighted by Crippen LogP contribution is -2.06. The van der Waals surface area contributed by atoms with Gasteiger partial charge in [-0.05, 0) is 0 Å². The molecule has 0 atom stereocenters. The monoisotopic (exact) mass is 228 g/mol. The van der Waals surface area contributed by atoms with Crippen LogP contribution in [-0.2, 0) is 18.9 Å². The van der Waals surface area contributed by atoms with Gasteiger partial charge in [0.05, 0.1) is 38.3 Å². The Morgan fingerprint density at radius 2 is 1.06 bits per heavy atom. The molecule has 92 valence electrons. The molecule has 4 nitrogen and oxygen atoms in total. The molecular weight excluding hydrogens is 208 g/mol. The van der Waals surface area contributed by atoms with E-state index in [2.05, 4.69) is 31.1 Å². The van der Waals surface area contributed by atoms with Crippen LogP contribution >= 0.6 is 0 Å². The van der Waals surface area contributed by atoms with Gasteiger partial charge in [0.1, 0.15) is 13.2 Å². The van der Waals surface area contributed by atoms with Gasteiger partial charge in [0.2, 0.25) is 0 Å². The molecule has 0 amide bonds. The standard InChI is InChI=1S/C8H14O3.C4H6O/c1-3-9-5-7-11-8-6-10-4-2;1-3-5-4-2/h3-4H,1-2,5-8H2;3-4H,1-2H2. The van der Waals surface area contributed by atoms with Crippen LogP contribution in [-0.4, -0.2) is 26.4 Å². The molecule has 0 bridgehead atoms. The van der Waals surface area contributed by atoms with E-state index in [0.717, 1.165) is 0 Å². The van der Waals surface area contributed by atoms with Gasteiger partial charge in [-0.15, -0.1) is 0 Å². The third-order valence-electron chi connectivity index (χ3n) is 1.12. The van der Waals surface area contributed by atoms with Crippen LogP contribution < -0.4 is 0 Å². The number of ether oxygens (including phenoxy) is 4. The van der Waals surface area contributed by atoms with Crippen molar-refractivity contribution in [3.8, 4) is 0 Å². The molecule has 0 aromatic heterocycles. The average Bonchev–Trinajstić information content (AvgIpc) is 2.30. The molecule has 0 aliphatic heterocycles. The van der Waals surface area contributed by atoms with E-state index in [-0.39, 0.29) is 0 Å². The highest BCUT2D eigenvalue weighted by Crippen LogP contribution is 1.80. The van der Waals surface area contributed by atoms with E-state index in [4.69, 9.17) is 14.2 Å². The Bertz CT molecular complexity index is 160. The quantitative estimate of drug-likeness (QED) is 0.425. The van der Waals surface area contributed by atoms with Crippen molar-refractivity contribution in [3.05, 3.63) is 51.4 Å². The summed E-state index contributed by atoms with van der Waals surface area (Å²) in [5.74, 6) is 0. The summed E-state index contributed by atoms with van der Waals surface area (Å²) in [6, 6.07) is 0. The average molecular weight is 228 g/mol. The minimum absolute atomic E-state index is 0.539. The largest absolute Gasteiger partial charge is 0.499 e. The van der Waals surface area contributed by atoms with E-state index in [1.54, 1.807) is 0 Å². The first-order valence-electron chi connectivity index (χ1n) is 4.73. The molecular formula is C12H20O4. The zero-order chi connectivity index (χ0) is 12.5. The van der Waals surface area contributed by atoms with Gasteiger partial charge >= 0.3 is 0 Å². The van der Waals surface area contributed by atoms with E-state index in [9.17, 15) is 0 Å². The molecule has 0 aliphatic rings. The Kier molecular flexibility index (Phi) is 19.9. The van der Waals surface area contributed by atoms with Gasteiger partial charge in [0, 0.05) is 0 Å².